The van der Waals surface area contributed by atoms with E-state index in [2.05, 4.69) is 46.1 Å². The van der Waals surface area contributed by atoms with E-state index in [4.69, 9.17) is 0 Å². The predicted molar refractivity (Wildman–Crippen MR) is 135 cm³/mol. The zero-order chi connectivity index (χ0) is 25.8. The molecule has 37 heavy (non-hydrogen) atoms. The van der Waals surface area contributed by atoms with Crippen LogP contribution in [0.25, 0.3) is 0 Å². The van der Waals surface area contributed by atoms with E-state index < -0.39 is 17.2 Å². The topological polar surface area (TPSA) is 88.1 Å². The van der Waals surface area contributed by atoms with E-state index in [-0.39, 0.29) is 18.7 Å². The Kier molecular flexibility index (Phi) is 7.70. The molecule has 1 aliphatic heterocycles. The third kappa shape index (κ3) is 6.27. The van der Waals surface area contributed by atoms with Crippen molar-refractivity contribution in [3.8, 4) is 0 Å². The molecule has 0 bridgehead atoms. The molecule has 0 amide bonds. The highest BCUT2D eigenvalue weighted by molar-refractivity contribution is 9.10. The SMILES string of the molecule is OC(CN1CCN(Cc2cn(Cc3ccccc3Br)nn2)CC1)(Cn1cncn1)c1ccc(F)cc1F. The van der Waals surface area contributed by atoms with E-state index in [1.54, 1.807) is 0 Å². The summed E-state index contributed by atoms with van der Waals surface area (Å²) in [6, 6.07) is 11.3. The minimum atomic E-state index is -1.61. The van der Waals surface area contributed by atoms with E-state index >= 15 is 0 Å². The summed E-state index contributed by atoms with van der Waals surface area (Å²) in [6.07, 6.45) is 4.78. The van der Waals surface area contributed by atoms with Crippen molar-refractivity contribution < 1.29 is 13.9 Å². The molecular weight excluding hydrogens is 546 g/mol. The molecule has 0 aliphatic carbocycles. The van der Waals surface area contributed by atoms with Gasteiger partial charge < -0.3 is 5.11 Å². The first-order chi connectivity index (χ1) is 17.9. The Balaban J connectivity index is 1.20. The standard InChI is InChI=1S/C25H27BrF2N8O/c26-23-4-2-1-3-19(23)12-35-14-21(31-32-35)13-33-7-9-34(10-8-33)15-25(37,16-36-18-29-17-30-36)22-6-5-20(27)11-24(22)28/h1-6,11,14,17-18,37H,7-10,12-13,15-16H2. The van der Waals surface area contributed by atoms with E-state index in [0.29, 0.717) is 26.2 Å². The van der Waals surface area contributed by atoms with Gasteiger partial charge in [0.1, 0.15) is 29.9 Å². The lowest BCUT2D eigenvalue weighted by atomic mass is 9.92. The summed E-state index contributed by atoms with van der Waals surface area (Å²) in [7, 11) is 0. The second-order valence-corrected chi connectivity index (χ2v) is 10.2. The lowest BCUT2D eigenvalue weighted by molar-refractivity contribution is -0.0324. The van der Waals surface area contributed by atoms with Crippen molar-refractivity contribution in [2.75, 3.05) is 32.7 Å². The van der Waals surface area contributed by atoms with E-state index in [0.717, 1.165) is 41.0 Å². The molecule has 1 unspecified atom stereocenters. The molecule has 4 aromatic rings. The molecule has 1 fully saturated rings. The van der Waals surface area contributed by atoms with Crippen molar-refractivity contribution in [1.82, 2.24) is 39.6 Å². The number of aliphatic hydroxyl groups is 1. The molecule has 12 heteroatoms. The van der Waals surface area contributed by atoms with E-state index in [9.17, 15) is 13.9 Å². The molecule has 5 rings (SSSR count). The number of aromatic nitrogens is 6. The number of piperazine rings is 1. The maximum absolute atomic E-state index is 14.7. The van der Waals surface area contributed by atoms with Crippen LogP contribution in [0, 0.1) is 11.6 Å². The van der Waals surface area contributed by atoms with Gasteiger partial charge in [0.25, 0.3) is 0 Å². The van der Waals surface area contributed by atoms with Crippen molar-refractivity contribution in [3.63, 3.8) is 0 Å². The highest BCUT2D eigenvalue weighted by Crippen LogP contribution is 2.28. The van der Waals surface area contributed by atoms with Crippen molar-refractivity contribution in [3.05, 3.63) is 94.2 Å². The highest BCUT2D eigenvalue weighted by Gasteiger charge is 2.36. The Morgan fingerprint density at radius 1 is 0.946 bits per heavy atom. The summed E-state index contributed by atoms with van der Waals surface area (Å²) >= 11 is 3.57. The first-order valence-corrected chi connectivity index (χ1v) is 12.7. The van der Waals surface area contributed by atoms with Gasteiger partial charge >= 0.3 is 0 Å². The minimum absolute atomic E-state index is 0.00357. The van der Waals surface area contributed by atoms with Gasteiger partial charge in [0, 0.05) is 55.4 Å². The molecule has 9 nitrogen and oxygen atoms in total. The predicted octanol–water partition coefficient (Wildman–Crippen LogP) is 2.66. The summed E-state index contributed by atoms with van der Waals surface area (Å²) < 4.78 is 32.6. The van der Waals surface area contributed by atoms with Crippen LogP contribution in [-0.4, -0.2) is 77.4 Å². The quantitative estimate of drug-likeness (QED) is 0.330. The second-order valence-electron chi connectivity index (χ2n) is 9.30. The van der Waals surface area contributed by atoms with Gasteiger partial charge in [-0.1, -0.05) is 45.4 Å². The Labute approximate surface area is 221 Å². The lowest BCUT2D eigenvalue weighted by Crippen LogP contribution is -2.52. The molecule has 1 saturated heterocycles. The molecule has 1 N–H and O–H groups in total. The average Bonchev–Trinajstić information content (AvgIpc) is 3.54. The molecule has 0 radical (unpaired) electrons. The second kappa shape index (κ2) is 11.1. The molecule has 0 spiro atoms. The number of hydrogen-bond donors (Lipinski definition) is 1. The van der Waals surface area contributed by atoms with E-state index in [1.165, 1.54) is 23.4 Å². The van der Waals surface area contributed by atoms with Crippen LogP contribution in [0.2, 0.25) is 0 Å². The van der Waals surface area contributed by atoms with Gasteiger partial charge in [0.15, 0.2) is 0 Å². The normalized spacial score (nSPS) is 16.6. The zero-order valence-corrected chi connectivity index (χ0v) is 21.7. The number of benzene rings is 2. The third-order valence-electron chi connectivity index (χ3n) is 6.53. The number of hydrogen-bond acceptors (Lipinski definition) is 7. The lowest BCUT2D eigenvalue weighted by Gasteiger charge is -2.39. The molecule has 2 aromatic heterocycles. The van der Waals surface area contributed by atoms with Crippen LogP contribution in [0.4, 0.5) is 8.78 Å². The molecular formula is C25H27BrF2N8O. The summed E-state index contributed by atoms with van der Waals surface area (Å²) in [5.74, 6) is -1.47. The third-order valence-corrected chi connectivity index (χ3v) is 7.31. The summed E-state index contributed by atoms with van der Waals surface area (Å²) in [4.78, 5) is 8.27. The van der Waals surface area contributed by atoms with Crippen LogP contribution < -0.4 is 0 Å². The Morgan fingerprint density at radius 3 is 2.46 bits per heavy atom. The number of β-amino-alcohol motifs (C(OH)–C–C–N with tert-alkyl or cyclic N) is 1. The number of rotatable bonds is 9. The van der Waals surface area contributed by atoms with Crippen LogP contribution in [0.3, 0.4) is 0 Å². The fourth-order valence-corrected chi connectivity index (χ4v) is 5.07. The van der Waals surface area contributed by atoms with Crippen LogP contribution in [0.5, 0.6) is 0 Å². The van der Waals surface area contributed by atoms with Gasteiger partial charge in [-0.25, -0.2) is 23.1 Å². The Hall–Kier alpha value is -3.06. The Morgan fingerprint density at radius 2 is 1.73 bits per heavy atom. The van der Waals surface area contributed by atoms with Crippen molar-refractivity contribution >= 4 is 15.9 Å². The van der Waals surface area contributed by atoms with Crippen LogP contribution >= 0.6 is 15.9 Å². The van der Waals surface area contributed by atoms with Gasteiger partial charge in [0.05, 0.1) is 25.0 Å². The Bertz CT molecular complexity index is 1330. The summed E-state index contributed by atoms with van der Waals surface area (Å²) in [5.41, 5.74) is 0.441. The molecule has 1 atom stereocenters. The fourth-order valence-electron chi connectivity index (χ4n) is 4.66. The smallest absolute Gasteiger partial charge is 0.137 e. The first kappa shape index (κ1) is 25.6. The van der Waals surface area contributed by atoms with Crippen molar-refractivity contribution in [2.24, 2.45) is 0 Å². The van der Waals surface area contributed by atoms with Gasteiger partial charge in [-0.15, -0.1) is 5.10 Å². The number of nitrogens with zero attached hydrogens (tertiary/aromatic N) is 8. The van der Waals surface area contributed by atoms with Gasteiger partial charge in [-0.2, -0.15) is 5.10 Å². The van der Waals surface area contributed by atoms with Gasteiger partial charge in [-0.05, 0) is 17.7 Å². The fraction of sp³-hybridized carbons (Fsp3) is 0.360. The van der Waals surface area contributed by atoms with Crippen LogP contribution in [0.15, 0.2) is 65.8 Å². The summed E-state index contributed by atoms with van der Waals surface area (Å²) in [6.45, 7) is 4.32. The average molecular weight is 573 g/mol. The zero-order valence-electron chi connectivity index (χ0n) is 20.1. The summed E-state index contributed by atoms with van der Waals surface area (Å²) in [5, 5.41) is 24.2. The molecule has 1 aliphatic rings. The maximum Gasteiger partial charge on any atom is 0.137 e. The van der Waals surface area contributed by atoms with Gasteiger partial charge in [-0.3, -0.25) is 9.80 Å². The largest absolute Gasteiger partial charge is 0.382 e. The highest BCUT2D eigenvalue weighted by atomic mass is 79.9. The monoisotopic (exact) mass is 572 g/mol. The first-order valence-electron chi connectivity index (χ1n) is 12.0. The molecule has 194 valence electrons. The van der Waals surface area contributed by atoms with Crippen LogP contribution in [-0.2, 0) is 25.2 Å². The molecule has 0 saturated carbocycles. The van der Waals surface area contributed by atoms with Gasteiger partial charge in [0.2, 0.25) is 0 Å². The van der Waals surface area contributed by atoms with Crippen molar-refractivity contribution in [2.45, 2.75) is 25.2 Å². The molecule has 2 aromatic carbocycles. The number of halogens is 3. The van der Waals surface area contributed by atoms with E-state index in [1.807, 2.05) is 35.1 Å². The minimum Gasteiger partial charge on any atom is -0.382 e. The maximum atomic E-state index is 14.7. The van der Waals surface area contributed by atoms with Crippen LogP contribution in [0.1, 0.15) is 16.8 Å². The van der Waals surface area contributed by atoms with Crippen molar-refractivity contribution in [1.29, 1.82) is 0 Å². The molecule has 3 heterocycles.